The van der Waals surface area contributed by atoms with Gasteiger partial charge in [-0.15, -0.1) is 0 Å². The molecule has 1 aliphatic heterocycles. The van der Waals surface area contributed by atoms with Gasteiger partial charge in [0.05, 0.1) is 28.3 Å². The predicted octanol–water partition coefficient (Wildman–Crippen LogP) is 8.80. The zero-order valence-electron chi connectivity index (χ0n) is 34.9. The molecule has 1 saturated heterocycles. The molecule has 304 valence electrons. The molecular formula is C45H70O9. The van der Waals surface area contributed by atoms with E-state index in [9.17, 15) is 19.5 Å². The highest BCUT2D eigenvalue weighted by Crippen LogP contribution is 2.66. The molecule has 5 atom stereocenters. The average Bonchev–Trinajstić information content (AvgIpc) is 3.30. The third-order valence-electron chi connectivity index (χ3n) is 16.4. The first-order chi connectivity index (χ1) is 25.0. The van der Waals surface area contributed by atoms with Gasteiger partial charge in [-0.2, -0.15) is 0 Å². The summed E-state index contributed by atoms with van der Waals surface area (Å²) in [4.78, 5) is 56.2. The standard InChI is InChI=1S/C45H70O9/c1-10-40(8,36(48)54-45(11-2,12-3)42-18-28-13-29(19-42)15-30(14-28)20-42)26-41(9,25-38(4,5)35(47)51-33-17-34(46)52-39(33,6)7)37(49)53-44-23-31-16-32(24-44)22-43(50,21-31)27-44/h28-33,50H,10-27H2,1-9H3. The fraction of sp³-hybridized carbons (Fsp3) is 0.911. The quantitative estimate of drug-likeness (QED) is 0.137. The molecule has 1 heterocycles. The molecule has 9 aliphatic rings. The Bertz CT molecular complexity index is 1470. The van der Waals surface area contributed by atoms with E-state index in [0.29, 0.717) is 42.4 Å². The Morgan fingerprint density at radius 1 is 0.722 bits per heavy atom. The van der Waals surface area contributed by atoms with E-state index < -0.39 is 62.7 Å². The van der Waals surface area contributed by atoms with Gasteiger partial charge in [-0.3, -0.25) is 19.2 Å². The maximum atomic E-state index is 15.0. The molecule has 9 fully saturated rings. The predicted molar refractivity (Wildman–Crippen MR) is 203 cm³/mol. The summed E-state index contributed by atoms with van der Waals surface area (Å²) in [5.74, 6) is 1.14. The first-order valence-electron chi connectivity index (χ1n) is 21.7. The van der Waals surface area contributed by atoms with Crippen molar-refractivity contribution in [3.05, 3.63) is 0 Å². The molecule has 8 bridgehead atoms. The van der Waals surface area contributed by atoms with Gasteiger partial charge in [-0.1, -0.05) is 20.8 Å². The fourth-order valence-electron chi connectivity index (χ4n) is 14.5. The molecule has 0 aromatic carbocycles. The van der Waals surface area contributed by atoms with E-state index in [1.165, 1.54) is 19.3 Å². The van der Waals surface area contributed by atoms with E-state index in [1.54, 1.807) is 27.7 Å². The fourth-order valence-corrected chi connectivity index (χ4v) is 14.5. The van der Waals surface area contributed by atoms with Crippen LogP contribution in [-0.4, -0.2) is 57.5 Å². The second-order valence-electron chi connectivity index (χ2n) is 21.9. The summed E-state index contributed by atoms with van der Waals surface area (Å²) in [6, 6.07) is 0. The van der Waals surface area contributed by atoms with Crippen LogP contribution in [0.4, 0.5) is 0 Å². The van der Waals surface area contributed by atoms with Crippen LogP contribution in [0.1, 0.15) is 178 Å². The van der Waals surface area contributed by atoms with Gasteiger partial charge in [0.15, 0.2) is 6.10 Å². The molecule has 9 rings (SSSR count). The number of ether oxygens (including phenoxy) is 4. The maximum absolute atomic E-state index is 15.0. The van der Waals surface area contributed by atoms with Gasteiger partial charge in [-0.25, -0.2) is 0 Å². The van der Waals surface area contributed by atoms with E-state index in [-0.39, 0.29) is 30.6 Å². The van der Waals surface area contributed by atoms with Crippen LogP contribution in [-0.2, 0) is 38.1 Å². The SMILES string of the molecule is CCC(C)(CC(C)(CC(C)(C)C(=O)OC1CC(=O)OC1(C)C)C(=O)OC12CC3CC(CC(O)(C3)C1)C2)C(=O)OC(CC)(CC)C12CC3CC(CC(C3)C1)C2. The van der Waals surface area contributed by atoms with Crippen LogP contribution in [0.15, 0.2) is 0 Å². The molecular weight excluding hydrogens is 684 g/mol. The highest BCUT2D eigenvalue weighted by Gasteiger charge is 2.64. The van der Waals surface area contributed by atoms with Crippen molar-refractivity contribution in [2.24, 2.45) is 51.2 Å². The van der Waals surface area contributed by atoms with Gasteiger partial charge in [0.25, 0.3) is 0 Å². The number of carbonyl (C=O) groups excluding carboxylic acids is 4. The Morgan fingerprint density at radius 2 is 1.26 bits per heavy atom. The third kappa shape index (κ3) is 6.84. The molecule has 54 heavy (non-hydrogen) atoms. The maximum Gasteiger partial charge on any atom is 0.312 e. The van der Waals surface area contributed by atoms with Crippen LogP contribution >= 0.6 is 0 Å². The lowest BCUT2D eigenvalue weighted by Crippen LogP contribution is -2.61. The summed E-state index contributed by atoms with van der Waals surface area (Å²) in [6.45, 7) is 17.1. The lowest BCUT2D eigenvalue weighted by atomic mass is 9.44. The number of hydrogen-bond acceptors (Lipinski definition) is 9. The number of rotatable bonds is 14. The summed E-state index contributed by atoms with van der Waals surface area (Å²) in [5, 5.41) is 11.5. The first kappa shape index (κ1) is 40.1. The number of esters is 4. The molecule has 1 N–H and O–H groups in total. The smallest absolute Gasteiger partial charge is 0.312 e. The summed E-state index contributed by atoms with van der Waals surface area (Å²) >= 11 is 0. The normalized spacial score (nSPS) is 39.8. The molecule has 8 aliphatic carbocycles. The minimum atomic E-state index is -1.28. The third-order valence-corrected chi connectivity index (χ3v) is 16.4. The van der Waals surface area contributed by atoms with Crippen molar-refractivity contribution in [2.45, 2.75) is 206 Å². The van der Waals surface area contributed by atoms with Crippen molar-refractivity contribution in [1.82, 2.24) is 0 Å². The number of hydrogen-bond donors (Lipinski definition) is 1. The molecule has 0 aromatic heterocycles. The average molecular weight is 755 g/mol. The number of carbonyl (C=O) groups is 4. The summed E-state index contributed by atoms with van der Waals surface area (Å²) in [6.07, 6.45) is 13.2. The Hall–Kier alpha value is -2.16. The molecule has 5 unspecified atom stereocenters. The van der Waals surface area contributed by atoms with Crippen LogP contribution in [0.25, 0.3) is 0 Å². The molecule has 0 amide bonds. The van der Waals surface area contributed by atoms with Crippen molar-refractivity contribution >= 4 is 23.9 Å². The van der Waals surface area contributed by atoms with E-state index in [4.69, 9.17) is 18.9 Å². The molecule has 0 aromatic rings. The zero-order valence-corrected chi connectivity index (χ0v) is 34.9. The van der Waals surface area contributed by atoms with E-state index >= 15 is 4.79 Å². The van der Waals surface area contributed by atoms with Crippen LogP contribution in [0.3, 0.4) is 0 Å². The number of aliphatic hydroxyl groups is 1. The second-order valence-corrected chi connectivity index (χ2v) is 21.9. The Morgan fingerprint density at radius 3 is 1.72 bits per heavy atom. The molecule has 0 radical (unpaired) electrons. The molecule has 9 nitrogen and oxygen atoms in total. The minimum Gasteiger partial charge on any atom is -0.459 e. The highest BCUT2D eigenvalue weighted by atomic mass is 16.6. The minimum absolute atomic E-state index is 0.0125. The van der Waals surface area contributed by atoms with Crippen molar-refractivity contribution in [3.63, 3.8) is 0 Å². The lowest BCUT2D eigenvalue weighted by Gasteiger charge is -2.63. The summed E-state index contributed by atoms with van der Waals surface area (Å²) in [7, 11) is 0. The van der Waals surface area contributed by atoms with Gasteiger partial charge < -0.3 is 24.1 Å². The summed E-state index contributed by atoms with van der Waals surface area (Å²) in [5.41, 5.74) is -6.62. The van der Waals surface area contributed by atoms with Crippen LogP contribution in [0.5, 0.6) is 0 Å². The van der Waals surface area contributed by atoms with Crippen molar-refractivity contribution in [1.29, 1.82) is 0 Å². The Kier molecular flexibility index (Phi) is 9.78. The van der Waals surface area contributed by atoms with Crippen LogP contribution < -0.4 is 0 Å². The second kappa shape index (κ2) is 13.2. The van der Waals surface area contributed by atoms with Crippen LogP contribution in [0, 0.1) is 51.2 Å². The van der Waals surface area contributed by atoms with Crippen molar-refractivity contribution < 1.29 is 43.2 Å². The van der Waals surface area contributed by atoms with Crippen molar-refractivity contribution in [2.75, 3.05) is 0 Å². The van der Waals surface area contributed by atoms with E-state index in [1.807, 2.05) is 20.8 Å². The van der Waals surface area contributed by atoms with Gasteiger partial charge in [0.2, 0.25) is 0 Å². The first-order valence-corrected chi connectivity index (χ1v) is 21.7. The van der Waals surface area contributed by atoms with Gasteiger partial charge >= 0.3 is 23.9 Å². The summed E-state index contributed by atoms with van der Waals surface area (Å²) < 4.78 is 25.1. The van der Waals surface area contributed by atoms with Gasteiger partial charge in [-0.05, 0) is 174 Å². The molecule has 9 heteroatoms. The zero-order chi connectivity index (χ0) is 39.3. The van der Waals surface area contributed by atoms with E-state index in [0.717, 1.165) is 64.2 Å². The molecule has 8 saturated carbocycles. The number of cyclic esters (lactones) is 1. The van der Waals surface area contributed by atoms with Crippen molar-refractivity contribution in [3.8, 4) is 0 Å². The van der Waals surface area contributed by atoms with Crippen LogP contribution in [0.2, 0.25) is 0 Å². The largest absolute Gasteiger partial charge is 0.459 e. The molecule has 0 spiro atoms. The van der Waals surface area contributed by atoms with E-state index in [2.05, 4.69) is 13.8 Å². The highest BCUT2D eigenvalue weighted by molar-refractivity contribution is 5.83. The Balaban J connectivity index is 1.17. The monoisotopic (exact) mass is 755 g/mol. The lowest BCUT2D eigenvalue weighted by molar-refractivity contribution is -0.230. The Labute approximate surface area is 324 Å². The topological polar surface area (TPSA) is 125 Å². The van der Waals surface area contributed by atoms with Gasteiger partial charge in [0.1, 0.15) is 16.8 Å². The van der Waals surface area contributed by atoms with Gasteiger partial charge in [0, 0.05) is 11.8 Å².